The monoisotopic (exact) mass is 414 g/mol. The van der Waals surface area contributed by atoms with Crippen molar-refractivity contribution in [3.8, 4) is 5.75 Å². The lowest BCUT2D eigenvalue weighted by Gasteiger charge is -2.34. The molecule has 2 N–H and O–H groups in total. The number of nitrogens with one attached hydrogen (secondary N) is 2. The van der Waals surface area contributed by atoms with Gasteiger partial charge in [-0.15, -0.1) is 13.2 Å². The van der Waals surface area contributed by atoms with Crippen molar-refractivity contribution in [2.24, 2.45) is 0 Å². The summed E-state index contributed by atoms with van der Waals surface area (Å²) in [5.41, 5.74) is 0.745. The van der Waals surface area contributed by atoms with Crippen LogP contribution in [0, 0.1) is 0 Å². The fraction of sp³-hybridized carbons (Fsp3) is 0.429. The molecular weight excluding hydrogens is 391 g/mol. The van der Waals surface area contributed by atoms with Crippen LogP contribution in [-0.4, -0.2) is 18.9 Å². The number of rotatable bonds is 6. The number of ether oxygens (including phenoxy) is 1. The standard InChI is InChI=1S/C21H23F5N2O/c1-20(22,23)16-9-10-18(29-21(24,25)26)15(12-16)13-28-17-8-5-11-27-19(17)14-6-3-2-4-7-14/h2-4,6-7,9-10,12,17,19,27-28H,5,8,11,13H2,1H3. The summed E-state index contributed by atoms with van der Waals surface area (Å²) in [5, 5.41) is 6.65. The highest BCUT2D eigenvalue weighted by atomic mass is 19.4. The van der Waals surface area contributed by atoms with Crippen molar-refractivity contribution in [1.82, 2.24) is 10.6 Å². The molecule has 1 aliphatic heterocycles. The van der Waals surface area contributed by atoms with E-state index in [1.165, 1.54) is 0 Å². The summed E-state index contributed by atoms with van der Waals surface area (Å²) in [5.74, 6) is -3.64. The molecule has 1 aliphatic rings. The van der Waals surface area contributed by atoms with Crippen molar-refractivity contribution < 1.29 is 26.7 Å². The number of piperidine rings is 1. The second-order valence-corrected chi connectivity index (χ2v) is 7.23. The molecule has 158 valence electrons. The molecule has 2 aromatic carbocycles. The topological polar surface area (TPSA) is 33.3 Å². The molecule has 0 radical (unpaired) electrons. The van der Waals surface area contributed by atoms with Crippen molar-refractivity contribution in [3.63, 3.8) is 0 Å². The third-order valence-corrected chi connectivity index (χ3v) is 4.96. The van der Waals surface area contributed by atoms with Crippen LogP contribution in [0.2, 0.25) is 0 Å². The van der Waals surface area contributed by atoms with Gasteiger partial charge in [-0.25, -0.2) is 8.78 Å². The van der Waals surface area contributed by atoms with Crippen LogP contribution >= 0.6 is 0 Å². The Hall–Kier alpha value is -2.19. The Balaban J connectivity index is 1.81. The molecule has 0 aliphatic carbocycles. The Kier molecular flexibility index (Phi) is 6.43. The maximum Gasteiger partial charge on any atom is 0.573 e. The molecule has 0 aromatic heterocycles. The van der Waals surface area contributed by atoms with Gasteiger partial charge in [-0.2, -0.15) is 0 Å². The molecule has 2 atom stereocenters. The fourth-order valence-corrected chi connectivity index (χ4v) is 3.57. The van der Waals surface area contributed by atoms with E-state index >= 15 is 0 Å². The smallest absolute Gasteiger partial charge is 0.405 e. The zero-order valence-corrected chi connectivity index (χ0v) is 15.9. The average Bonchev–Trinajstić information content (AvgIpc) is 2.66. The first-order valence-electron chi connectivity index (χ1n) is 9.42. The van der Waals surface area contributed by atoms with Gasteiger partial charge in [-0.3, -0.25) is 0 Å². The van der Waals surface area contributed by atoms with Gasteiger partial charge in [-0.05, 0) is 43.1 Å². The summed E-state index contributed by atoms with van der Waals surface area (Å²) in [4.78, 5) is 0. The van der Waals surface area contributed by atoms with E-state index in [1.807, 2.05) is 30.3 Å². The van der Waals surface area contributed by atoms with Gasteiger partial charge in [0.2, 0.25) is 0 Å². The molecule has 1 saturated heterocycles. The van der Waals surface area contributed by atoms with E-state index in [-0.39, 0.29) is 29.8 Å². The molecule has 2 aromatic rings. The van der Waals surface area contributed by atoms with E-state index in [1.54, 1.807) is 0 Å². The molecule has 0 amide bonds. The van der Waals surface area contributed by atoms with Crippen LogP contribution in [0.5, 0.6) is 5.75 Å². The van der Waals surface area contributed by atoms with E-state index in [0.717, 1.165) is 43.1 Å². The Labute approximate surface area is 166 Å². The zero-order valence-electron chi connectivity index (χ0n) is 15.9. The molecule has 0 spiro atoms. The lowest BCUT2D eigenvalue weighted by Crippen LogP contribution is -2.45. The Bertz CT molecular complexity index is 805. The number of halogens is 5. The number of alkyl halides is 5. The largest absolute Gasteiger partial charge is 0.573 e. The summed E-state index contributed by atoms with van der Waals surface area (Å²) in [6.07, 6.45) is -3.18. The van der Waals surface area contributed by atoms with Crippen molar-refractivity contribution in [2.75, 3.05) is 6.54 Å². The van der Waals surface area contributed by atoms with Crippen LogP contribution in [0.25, 0.3) is 0 Å². The number of benzene rings is 2. The second-order valence-electron chi connectivity index (χ2n) is 7.23. The van der Waals surface area contributed by atoms with Gasteiger partial charge >= 0.3 is 6.36 Å². The highest BCUT2D eigenvalue weighted by Crippen LogP contribution is 2.34. The number of hydrogen-bond acceptors (Lipinski definition) is 3. The third kappa shape index (κ3) is 5.90. The zero-order chi connectivity index (χ0) is 21.1. The highest BCUT2D eigenvalue weighted by molar-refractivity contribution is 5.39. The summed E-state index contributed by atoms with van der Waals surface area (Å²) >= 11 is 0. The van der Waals surface area contributed by atoms with Crippen LogP contribution in [-0.2, 0) is 12.5 Å². The predicted octanol–water partition coefficient (Wildman–Crippen LogP) is 5.28. The van der Waals surface area contributed by atoms with Crippen LogP contribution in [0.1, 0.15) is 42.5 Å². The van der Waals surface area contributed by atoms with Crippen molar-refractivity contribution in [3.05, 3.63) is 65.2 Å². The van der Waals surface area contributed by atoms with Gasteiger partial charge in [0.25, 0.3) is 5.92 Å². The van der Waals surface area contributed by atoms with Gasteiger partial charge in [0, 0.05) is 36.7 Å². The summed E-state index contributed by atoms with van der Waals surface area (Å²) in [6, 6.07) is 12.6. The molecule has 2 unspecified atom stereocenters. The molecule has 3 nitrogen and oxygen atoms in total. The first kappa shape index (κ1) is 21.5. The molecule has 0 saturated carbocycles. The minimum absolute atomic E-state index is 0.0206. The van der Waals surface area contributed by atoms with Crippen LogP contribution in [0.15, 0.2) is 48.5 Å². The lowest BCUT2D eigenvalue weighted by atomic mass is 9.92. The average molecular weight is 414 g/mol. The summed E-state index contributed by atoms with van der Waals surface area (Å²) in [6.45, 7) is 1.52. The van der Waals surface area contributed by atoms with Gasteiger partial charge in [-0.1, -0.05) is 30.3 Å². The van der Waals surface area contributed by atoms with E-state index in [0.29, 0.717) is 6.92 Å². The molecule has 3 rings (SSSR count). The molecular formula is C21H23F5N2O. The van der Waals surface area contributed by atoms with Gasteiger partial charge in [0.1, 0.15) is 5.75 Å². The first-order valence-corrected chi connectivity index (χ1v) is 9.42. The lowest BCUT2D eigenvalue weighted by molar-refractivity contribution is -0.274. The first-order chi connectivity index (χ1) is 13.6. The van der Waals surface area contributed by atoms with Gasteiger partial charge in [0.15, 0.2) is 0 Å². The van der Waals surface area contributed by atoms with E-state index in [4.69, 9.17) is 0 Å². The van der Waals surface area contributed by atoms with Crippen LogP contribution in [0.3, 0.4) is 0 Å². The molecule has 29 heavy (non-hydrogen) atoms. The molecule has 1 fully saturated rings. The Morgan fingerprint density at radius 2 is 1.79 bits per heavy atom. The number of hydrogen-bond donors (Lipinski definition) is 2. The van der Waals surface area contributed by atoms with E-state index in [9.17, 15) is 22.0 Å². The predicted molar refractivity (Wildman–Crippen MR) is 99.7 cm³/mol. The highest BCUT2D eigenvalue weighted by Gasteiger charge is 2.33. The molecule has 8 heteroatoms. The minimum atomic E-state index is -4.90. The molecule has 0 bridgehead atoms. The fourth-order valence-electron chi connectivity index (χ4n) is 3.57. The summed E-state index contributed by atoms with van der Waals surface area (Å²) < 4.78 is 69.6. The SMILES string of the molecule is CC(F)(F)c1ccc(OC(F)(F)F)c(CNC2CCCNC2c2ccccc2)c1. The van der Waals surface area contributed by atoms with E-state index < -0.39 is 18.0 Å². The second kappa shape index (κ2) is 8.67. The summed E-state index contributed by atoms with van der Waals surface area (Å²) in [7, 11) is 0. The Morgan fingerprint density at radius 1 is 1.07 bits per heavy atom. The van der Waals surface area contributed by atoms with Gasteiger partial charge in [0.05, 0.1) is 0 Å². The normalized spacial score (nSPS) is 20.5. The third-order valence-electron chi connectivity index (χ3n) is 4.96. The Morgan fingerprint density at radius 3 is 2.45 bits per heavy atom. The molecule has 1 heterocycles. The van der Waals surface area contributed by atoms with Crippen molar-refractivity contribution in [2.45, 2.75) is 50.7 Å². The van der Waals surface area contributed by atoms with Crippen LogP contribution in [0.4, 0.5) is 22.0 Å². The van der Waals surface area contributed by atoms with E-state index in [2.05, 4.69) is 15.4 Å². The maximum atomic E-state index is 13.7. The maximum absolute atomic E-state index is 13.7. The quantitative estimate of drug-likeness (QED) is 0.631. The van der Waals surface area contributed by atoms with Crippen LogP contribution < -0.4 is 15.4 Å². The van der Waals surface area contributed by atoms with Gasteiger partial charge < -0.3 is 15.4 Å². The van der Waals surface area contributed by atoms with Crippen molar-refractivity contribution >= 4 is 0 Å². The minimum Gasteiger partial charge on any atom is -0.405 e. The van der Waals surface area contributed by atoms with Crippen molar-refractivity contribution in [1.29, 1.82) is 0 Å².